The Morgan fingerprint density at radius 2 is 1.79 bits per heavy atom. The van der Waals surface area contributed by atoms with E-state index in [0.717, 1.165) is 33.9 Å². The molecular weight excluding hydrogens is 376 g/mol. The van der Waals surface area contributed by atoms with Crippen molar-refractivity contribution in [3.8, 4) is 5.75 Å². The average Bonchev–Trinajstić information content (AvgIpc) is 2.65. The van der Waals surface area contributed by atoms with Crippen LogP contribution in [0.15, 0.2) is 48.5 Å². The van der Waals surface area contributed by atoms with Gasteiger partial charge in [-0.15, -0.1) is 0 Å². The SMILES string of the molecule is CCc1ccc(N(CC(=O)N[C@@H](C)COc2ccccc2C)S(C)(=O)=O)cc1. The predicted molar refractivity (Wildman–Crippen MR) is 112 cm³/mol. The number of ether oxygens (including phenoxy) is 1. The van der Waals surface area contributed by atoms with E-state index < -0.39 is 10.0 Å². The Balaban J connectivity index is 1.98. The summed E-state index contributed by atoms with van der Waals surface area (Å²) in [6, 6.07) is 14.5. The van der Waals surface area contributed by atoms with Crippen LogP contribution in [0.25, 0.3) is 0 Å². The minimum atomic E-state index is -3.59. The molecule has 2 aromatic rings. The van der Waals surface area contributed by atoms with E-state index in [1.165, 1.54) is 0 Å². The number of aryl methyl sites for hydroxylation is 2. The zero-order valence-corrected chi connectivity index (χ0v) is 17.6. The second-order valence-electron chi connectivity index (χ2n) is 6.83. The summed E-state index contributed by atoms with van der Waals surface area (Å²) in [6.07, 6.45) is 1.96. The van der Waals surface area contributed by atoms with E-state index in [1.807, 2.05) is 57.2 Å². The molecule has 1 atom stereocenters. The third kappa shape index (κ3) is 6.27. The molecule has 0 saturated heterocycles. The molecule has 6 nitrogen and oxygen atoms in total. The van der Waals surface area contributed by atoms with Crippen molar-refractivity contribution in [1.82, 2.24) is 5.32 Å². The molecule has 0 aliphatic rings. The highest BCUT2D eigenvalue weighted by Gasteiger charge is 2.21. The van der Waals surface area contributed by atoms with Crippen LogP contribution in [0.2, 0.25) is 0 Å². The first-order valence-corrected chi connectivity index (χ1v) is 11.1. The number of nitrogens with one attached hydrogen (secondary N) is 1. The Kier molecular flexibility index (Phi) is 7.45. The molecule has 0 aliphatic carbocycles. The van der Waals surface area contributed by atoms with Gasteiger partial charge in [0.15, 0.2) is 0 Å². The smallest absolute Gasteiger partial charge is 0.241 e. The molecule has 0 radical (unpaired) electrons. The number of para-hydroxylation sites is 1. The summed E-state index contributed by atoms with van der Waals surface area (Å²) in [4.78, 5) is 12.4. The summed E-state index contributed by atoms with van der Waals surface area (Å²) < 4.78 is 31.2. The van der Waals surface area contributed by atoms with Gasteiger partial charge in [0.05, 0.1) is 18.0 Å². The monoisotopic (exact) mass is 404 g/mol. The van der Waals surface area contributed by atoms with Crippen LogP contribution >= 0.6 is 0 Å². The number of carbonyl (C=O) groups excluding carboxylic acids is 1. The number of benzene rings is 2. The van der Waals surface area contributed by atoms with Gasteiger partial charge in [0, 0.05) is 0 Å². The molecule has 0 saturated carbocycles. The van der Waals surface area contributed by atoms with Crippen LogP contribution in [0.5, 0.6) is 5.75 Å². The average molecular weight is 405 g/mol. The first-order valence-electron chi connectivity index (χ1n) is 9.25. The van der Waals surface area contributed by atoms with Gasteiger partial charge >= 0.3 is 0 Å². The zero-order valence-electron chi connectivity index (χ0n) is 16.8. The number of hydrogen-bond donors (Lipinski definition) is 1. The maximum atomic E-state index is 12.4. The number of anilines is 1. The van der Waals surface area contributed by atoms with Crippen LogP contribution in [-0.2, 0) is 21.2 Å². The molecule has 0 bridgehead atoms. The lowest BCUT2D eigenvalue weighted by Gasteiger charge is -2.23. The van der Waals surface area contributed by atoms with Gasteiger partial charge in [-0.25, -0.2) is 8.42 Å². The van der Waals surface area contributed by atoms with E-state index in [2.05, 4.69) is 5.32 Å². The summed E-state index contributed by atoms with van der Waals surface area (Å²) >= 11 is 0. The van der Waals surface area contributed by atoms with Crippen molar-refractivity contribution >= 4 is 21.6 Å². The van der Waals surface area contributed by atoms with Crippen LogP contribution in [0.1, 0.15) is 25.0 Å². The highest BCUT2D eigenvalue weighted by molar-refractivity contribution is 7.92. The Morgan fingerprint density at radius 3 is 2.36 bits per heavy atom. The number of hydrogen-bond acceptors (Lipinski definition) is 4. The lowest BCUT2D eigenvalue weighted by molar-refractivity contribution is -0.120. The van der Waals surface area contributed by atoms with E-state index in [0.29, 0.717) is 12.3 Å². The van der Waals surface area contributed by atoms with Crippen LogP contribution in [-0.4, -0.2) is 39.8 Å². The van der Waals surface area contributed by atoms with Crippen molar-refractivity contribution in [3.05, 3.63) is 59.7 Å². The van der Waals surface area contributed by atoms with Gasteiger partial charge in [0.2, 0.25) is 15.9 Å². The molecule has 152 valence electrons. The van der Waals surface area contributed by atoms with Gasteiger partial charge in [-0.3, -0.25) is 9.10 Å². The number of carbonyl (C=O) groups is 1. The van der Waals surface area contributed by atoms with E-state index >= 15 is 0 Å². The van der Waals surface area contributed by atoms with Gasteiger partial charge in [0.25, 0.3) is 0 Å². The quantitative estimate of drug-likeness (QED) is 0.697. The second kappa shape index (κ2) is 9.59. The Labute approximate surface area is 167 Å². The van der Waals surface area contributed by atoms with Crippen molar-refractivity contribution in [2.75, 3.05) is 23.7 Å². The van der Waals surface area contributed by atoms with Gasteiger partial charge in [0.1, 0.15) is 18.9 Å². The molecule has 0 fully saturated rings. The second-order valence-corrected chi connectivity index (χ2v) is 8.74. The van der Waals surface area contributed by atoms with Crippen molar-refractivity contribution in [1.29, 1.82) is 0 Å². The fourth-order valence-corrected chi connectivity index (χ4v) is 3.58. The normalized spacial score (nSPS) is 12.3. The molecule has 0 aliphatic heterocycles. The van der Waals surface area contributed by atoms with Gasteiger partial charge in [-0.2, -0.15) is 0 Å². The van der Waals surface area contributed by atoms with Crippen LogP contribution < -0.4 is 14.4 Å². The molecule has 0 spiro atoms. The maximum Gasteiger partial charge on any atom is 0.241 e. The lowest BCUT2D eigenvalue weighted by atomic mass is 10.1. The van der Waals surface area contributed by atoms with E-state index in [-0.39, 0.29) is 18.5 Å². The Bertz CT molecular complexity index is 895. The number of nitrogens with zero attached hydrogens (tertiary/aromatic N) is 1. The molecule has 28 heavy (non-hydrogen) atoms. The molecule has 0 aromatic heterocycles. The molecule has 7 heteroatoms. The molecule has 0 heterocycles. The highest BCUT2D eigenvalue weighted by Crippen LogP contribution is 2.19. The van der Waals surface area contributed by atoms with Crippen LogP contribution in [0.3, 0.4) is 0 Å². The van der Waals surface area contributed by atoms with Crippen LogP contribution in [0, 0.1) is 6.92 Å². The van der Waals surface area contributed by atoms with Crippen molar-refractivity contribution in [2.45, 2.75) is 33.2 Å². The zero-order chi connectivity index (χ0) is 20.7. The highest BCUT2D eigenvalue weighted by atomic mass is 32.2. The first-order chi connectivity index (χ1) is 13.2. The summed E-state index contributed by atoms with van der Waals surface area (Å²) in [6.45, 7) is 5.81. The van der Waals surface area contributed by atoms with E-state index in [4.69, 9.17) is 4.74 Å². The minimum Gasteiger partial charge on any atom is -0.491 e. The third-order valence-corrected chi connectivity index (χ3v) is 5.45. The summed E-state index contributed by atoms with van der Waals surface area (Å²) in [7, 11) is -3.59. The molecule has 2 rings (SSSR count). The summed E-state index contributed by atoms with van der Waals surface area (Å²) in [5.41, 5.74) is 2.59. The predicted octanol–water partition coefficient (Wildman–Crippen LogP) is 2.91. The van der Waals surface area contributed by atoms with Crippen molar-refractivity contribution in [3.63, 3.8) is 0 Å². The standard InChI is InChI=1S/C21H28N2O4S/c1-5-18-10-12-19(13-11-18)23(28(4,25)26)14-21(24)22-17(3)15-27-20-9-7-6-8-16(20)2/h6-13,17H,5,14-15H2,1-4H3,(H,22,24)/t17-/m0/s1. The fourth-order valence-electron chi connectivity index (χ4n) is 2.72. The molecule has 1 amide bonds. The largest absolute Gasteiger partial charge is 0.491 e. The molecule has 0 unspecified atom stereocenters. The number of sulfonamides is 1. The van der Waals surface area contributed by atoms with Gasteiger partial charge < -0.3 is 10.1 Å². The molecular formula is C21H28N2O4S. The van der Waals surface area contributed by atoms with E-state index in [9.17, 15) is 13.2 Å². The van der Waals surface area contributed by atoms with Gasteiger partial charge in [-0.05, 0) is 49.6 Å². The number of amides is 1. The number of rotatable bonds is 9. The third-order valence-electron chi connectivity index (χ3n) is 4.31. The lowest BCUT2D eigenvalue weighted by Crippen LogP contribution is -2.44. The van der Waals surface area contributed by atoms with Crippen molar-refractivity contribution < 1.29 is 17.9 Å². The summed E-state index contributed by atoms with van der Waals surface area (Å²) in [5.74, 6) is 0.378. The summed E-state index contributed by atoms with van der Waals surface area (Å²) in [5, 5.41) is 2.79. The van der Waals surface area contributed by atoms with Gasteiger partial charge in [-0.1, -0.05) is 37.3 Å². The van der Waals surface area contributed by atoms with Crippen molar-refractivity contribution in [2.24, 2.45) is 0 Å². The molecule has 1 N–H and O–H groups in total. The Hall–Kier alpha value is -2.54. The van der Waals surface area contributed by atoms with Crippen LogP contribution in [0.4, 0.5) is 5.69 Å². The fraction of sp³-hybridized carbons (Fsp3) is 0.381. The minimum absolute atomic E-state index is 0.268. The first kappa shape index (κ1) is 21.8. The maximum absolute atomic E-state index is 12.4. The Morgan fingerprint density at radius 1 is 1.14 bits per heavy atom. The topological polar surface area (TPSA) is 75.7 Å². The molecule has 2 aromatic carbocycles. The van der Waals surface area contributed by atoms with E-state index in [1.54, 1.807) is 12.1 Å².